The molecule has 0 atom stereocenters. The van der Waals surface area contributed by atoms with Crippen molar-refractivity contribution >= 4 is 50.4 Å². The molecule has 1 aromatic rings. The Hall–Kier alpha value is -1.80. The Morgan fingerprint density at radius 3 is 2.58 bits per heavy atom. The first-order valence-electron chi connectivity index (χ1n) is 7.93. The van der Waals surface area contributed by atoms with Crippen LogP contribution in [0.3, 0.4) is 0 Å². The van der Waals surface area contributed by atoms with Gasteiger partial charge in [0.25, 0.3) is 0 Å². The molecule has 1 rings (SSSR count). The smallest absolute Gasteiger partial charge is 0.408 e. The first-order chi connectivity index (χ1) is 12.0. The zero-order valence-electron chi connectivity index (χ0n) is 15.5. The number of amidine groups is 1. The highest BCUT2D eigenvalue weighted by Crippen LogP contribution is 2.24. The monoisotopic (exact) mass is 441 g/mol. The molecule has 0 aliphatic rings. The minimum atomic E-state index is -0.674. The fourth-order valence-electron chi connectivity index (χ4n) is 1.72. The number of alkyl carbamates (subject to hydrolysis) is 1. The molecule has 2 amide bonds. The number of amides is 2. The molecule has 26 heavy (non-hydrogen) atoms. The number of halogens is 1. The second-order valence-electron chi connectivity index (χ2n) is 6.62. The number of hydrogen-bond donors (Lipinski definition) is 3. The van der Waals surface area contributed by atoms with Gasteiger partial charge in [-0.2, -0.15) is 0 Å². The summed E-state index contributed by atoms with van der Waals surface area (Å²) in [7, 11) is 0. The van der Waals surface area contributed by atoms with Crippen LogP contribution in [0.2, 0.25) is 0 Å². The number of allylic oxidation sites excluding steroid dienone is 1. The fraction of sp³-hybridized carbons (Fsp3) is 0.389. The summed E-state index contributed by atoms with van der Waals surface area (Å²) in [6.45, 7) is 8.90. The van der Waals surface area contributed by atoms with E-state index in [0.717, 1.165) is 32.9 Å². The molecule has 0 radical (unpaired) electrons. The van der Waals surface area contributed by atoms with Crippen LogP contribution in [0.1, 0.15) is 38.8 Å². The molecule has 0 bridgehead atoms. The average Bonchev–Trinajstić information content (AvgIpc) is 2.51. The van der Waals surface area contributed by atoms with Crippen molar-refractivity contribution in [2.45, 2.75) is 40.2 Å². The number of thioether (sulfide) groups is 1. The van der Waals surface area contributed by atoms with Crippen LogP contribution in [0.15, 0.2) is 28.1 Å². The maximum atomic E-state index is 11.8. The molecular formula is C18H24BrN3O3S. The highest BCUT2D eigenvalue weighted by Gasteiger charge is 2.16. The first-order valence-corrected chi connectivity index (χ1v) is 9.60. The molecule has 0 aromatic heterocycles. The molecule has 0 fully saturated rings. The van der Waals surface area contributed by atoms with Crippen molar-refractivity contribution in [2.24, 2.45) is 0 Å². The van der Waals surface area contributed by atoms with E-state index >= 15 is 0 Å². The zero-order valence-corrected chi connectivity index (χ0v) is 17.9. The van der Waals surface area contributed by atoms with Crippen LogP contribution in [-0.4, -0.2) is 29.3 Å². The summed E-state index contributed by atoms with van der Waals surface area (Å²) in [5.41, 5.74) is 2.52. The Balaban J connectivity index is 2.46. The summed E-state index contributed by atoms with van der Waals surface area (Å²) in [5.74, 6) is -0.488. The van der Waals surface area contributed by atoms with E-state index in [4.69, 9.17) is 10.1 Å². The molecule has 8 heteroatoms. The number of nitrogens with one attached hydrogen (secondary N) is 3. The lowest BCUT2D eigenvalue weighted by Gasteiger charge is -2.19. The number of carbonyl (C=O) groups is 2. The standard InChI is InChI=1S/C18H24BrN3O3S/c1-11-6-7-13(8-14(11)19)12(2)10-26-16(20)22-15(23)9-21-17(24)25-18(3,4)5/h6-8,10H,9H2,1-5H3,(H,21,24)(H2,20,22,23)/b12-10+. The average molecular weight is 442 g/mol. The Morgan fingerprint density at radius 1 is 1.35 bits per heavy atom. The lowest BCUT2D eigenvalue weighted by molar-refractivity contribution is -0.118. The van der Waals surface area contributed by atoms with Crippen LogP contribution in [0.5, 0.6) is 0 Å². The molecule has 0 saturated carbocycles. The van der Waals surface area contributed by atoms with Crippen molar-refractivity contribution in [1.82, 2.24) is 10.6 Å². The highest BCUT2D eigenvalue weighted by atomic mass is 79.9. The van der Waals surface area contributed by atoms with Gasteiger partial charge in [-0.05, 0) is 62.8 Å². The number of carbonyl (C=O) groups excluding carboxylic acids is 2. The highest BCUT2D eigenvalue weighted by molar-refractivity contribution is 9.10. The van der Waals surface area contributed by atoms with Crippen LogP contribution in [0.25, 0.3) is 5.57 Å². The van der Waals surface area contributed by atoms with E-state index in [2.05, 4.69) is 26.6 Å². The van der Waals surface area contributed by atoms with Gasteiger partial charge in [0.1, 0.15) is 12.1 Å². The van der Waals surface area contributed by atoms with Crippen LogP contribution in [0, 0.1) is 12.3 Å². The van der Waals surface area contributed by atoms with Gasteiger partial charge in [-0.25, -0.2) is 4.79 Å². The van der Waals surface area contributed by atoms with E-state index in [-0.39, 0.29) is 11.7 Å². The molecule has 142 valence electrons. The van der Waals surface area contributed by atoms with Crippen molar-refractivity contribution < 1.29 is 14.3 Å². The van der Waals surface area contributed by atoms with Crippen molar-refractivity contribution in [3.05, 3.63) is 39.2 Å². The quantitative estimate of drug-likeness (QED) is 0.475. The summed E-state index contributed by atoms with van der Waals surface area (Å²) in [5, 5.41) is 14.3. The van der Waals surface area contributed by atoms with Gasteiger partial charge in [0.2, 0.25) is 5.91 Å². The first kappa shape index (κ1) is 22.2. The second kappa shape index (κ2) is 9.78. The molecular weight excluding hydrogens is 418 g/mol. The Kier molecular flexibility index (Phi) is 8.36. The molecule has 0 heterocycles. The maximum Gasteiger partial charge on any atom is 0.408 e. The number of ether oxygens (including phenoxy) is 1. The van der Waals surface area contributed by atoms with Crippen LogP contribution < -0.4 is 10.6 Å². The summed E-state index contributed by atoms with van der Waals surface area (Å²) in [6.07, 6.45) is -0.674. The summed E-state index contributed by atoms with van der Waals surface area (Å²) >= 11 is 4.59. The van der Waals surface area contributed by atoms with Crippen molar-refractivity contribution in [3.63, 3.8) is 0 Å². The minimum absolute atomic E-state index is 0.0217. The van der Waals surface area contributed by atoms with Gasteiger partial charge in [-0.1, -0.05) is 39.8 Å². The Bertz CT molecular complexity index is 727. The number of benzene rings is 1. The number of rotatable bonds is 4. The molecule has 0 saturated heterocycles. The lowest BCUT2D eigenvalue weighted by atomic mass is 10.1. The van der Waals surface area contributed by atoms with Gasteiger partial charge in [-0.15, -0.1) is 0 Å². The summed E-state index contributed by atoms with van der Waals surface area (Å²) < 4.78 is 6.05. The van der Waals surface area contributed by atoms with E-state index in [0.29, 0.717) is 0 Å². The largest absolute Gasteiger partial charge is 0.444 e. The topological polar surface area (TPSA) is 91.3 Å². The van der Waals surface area contributed by atoms with E-state index in [9.17, 15) is 9.59 Å². The van der Waals surface area contributed by atoms with Crippen molar-refractivity contribution in [1.29, 1.82) is 5.41 Å². The van der Waals surface area contributed by atoms with Crippen molar-refractivity contribution in [2.75, 3.05) is 6.54 Å². The molecule has 0 spiro atoms. The molecule has 0 unspecified atom stereocenters. The van der Waals surface area contributed by atoms with Gasteiger partial charge in [0, 0.05) is 4.47 Å². The van der Waals surface area contributed by atoms with Gasteiger partial charge in [-0.3, -0.25) is 10.2 Å². The third kappa shape index (κ3) is 8.53. The zero-order chi connectivity index (χ0) is 19.9. The van der Waals surface area contributed by atoms with Gasteiger partial charge in [0.05, 0.1) is 0 Å². The summed E-state index contributed by atoms with van der Waals surface area (Å²) in [4.78, 5) is 23.2. The Labute approximate surface area is 166 Å². The van der Waals surface area contributed by atoms with Crippen LogP contribution >= 0.6 is 27.7 Å². The van der Waals surface area contributed by atoms with E-state index in [1.165, 1.54) is 0 Å². The third-order valence-electron chi connectivity index (χ3n) is 3.03. The minimum Gasteiger partial charge on any atom is -0.444 e. The Morgan fingerprint density at radius 2 is 2.00 bits per heavy atom. The normalized spacial score (nSPS) is 11.7. The van der Waals surface area contributed by atoms with E-state index < -0.39 is 17.6 Å². The van der Waals surface area contributed by atoms with Crippen LogP contribution in [0.4, 0.5) is 4.79 Å². The van der Waals surface area contributed by atoms with Gasteiger partial charge >= 0.3 is 6.09 Å². The predicted octanol–water partition coefficient (Wildman–Crippen LogP) is 4.43. The molecule has 0 aliphatic carbocycles. The SMILES string of the molecule is C/C(=C\SC(=N)NC(=O)CNC(=O)OC(C)(C)C)c1ccc(C)c(Br)c1. The molecule has 0 aliphatic heterocycles. The van der Waals surface area contributed by atoms with Crippen molar-refractivity contribution in [3.8, 4) is 0 Å². The van der Waals surface area contributed by atoms with E-state index in [1.807, 2.05) is 32.0 Å². The van der Waals surface area contributed by atoms with Gasteiger partial charge < -0.3 is 15.4 Å². The van der Waals surface area contributed by atoms with Gasteiger partial charge in [0.15, 0.2) is 5.17 Å². The third-order valence-corrected chi connectivity index (χ3v) is 4.69. The lowest BCUT2D eigenvalue weighted by Crippen LogP contribution is -2.40. The molecule has 6 nitrogen and oxygen atoms in total. The predicted molar refractivity (Wildman–Crippen MR) is 110 cm³/mol. The van der Waals surface area contributed by atoms with Crippen LogP contribution in [-0.2, 0) is 9.53 Å². The maximum absolute atomic E-state index is 11.8. The fourth-order valence-corrected chi connectivity index (χ4v) is 2.70. The number of hydrogen-bond acceptors (Lipinski definition) is 5. The second-order valence-corrected chi connectivity index (χ2v) is 8.35. The van der Waals surface area contributed by atoms with E-state index in [1.54, 1.807) is 26.2 Å². The number of aryl methyl sites for hydroxylation is 1. The molecule has 1 aromatic carbocycles. The molecule has 3 N–H and O–H groups in total. The summed E-state index contributed by atoms with van der Waals surface area (Å²) in [6, 6.07) is 6.02.